The molecule has 0 aliphatic carbocycles. The van der Waals surface area contributed by atoms with Crippen molar-refractivity contribution >= 4 is 6.29 Å². The maximum atomic E-state index is 11.8. The van der Waals surface area contributed by atoms with Gasteiger partial charge in [0.05, 0.1) is 0 Å². The Morgan fingerprint density at radius 3 is 2.67 bits per heavy atom. The number of aldehydes is 1. The van der Waals surface area contributed by atoms with E-state index in [-0.39, 0.29) is 5.56 Å². The second kappa shape index (κ2) is 3.96. The van der Waals surface area contributed by atoms with Crippen molar-refractivity contribution in [2.45, 2.75) is 6.36 Å². The molecule has 0 fully saturated rings. The van der Waals surface area contributed by atoms with Crippen molar-refractivity contribution in [3.63, 3.8) is 0 Å². The van der Waals surface area contributed by atoms with E-state index in [0.717, 1.165) is 12.3 Å². The highest BCUT2D eigenvalue weighted by atomic mass is 19.4. The van der Waals surface area contributed by atoms with Gasteiger partial charge in [0.2, 0.25) is 0 Å². The fraction of sp³-hybridized carbons (Fsp3) is 0.125. The zero-order valence-corrected chi connectivity index (χ0v) is 7.08. The summed E-state index contributed by atoms with van der Waals surface area (Å²) >= 11 is 0. The highest BCUT2D eigenvalue weighted by molar-refractivity contribution is 5.75. The van der Waals surface area contributed by atoms with E-state index in [9.17, 15) is 18.0 Å². The van der Waals surface area contributed by atoms with Crippen molar-refractivity contribution in [3.05, 3.63) is 23.5 Å². The van der Waals surface area contributed by atoms with Gasteiger partial charge in [0.1, 0.15) is 6.07 Å². The van der Waals surface area contributed by atoms with Crippen LogP contribution >= 0.6 is 0 Å². The van der Waals surface area contributed by atoms with E-state index in [0.29, 0.717) is 6.29 Å². The minimum atomic E-state index is -4.92. The van der Waals surface area contributed by atoms with Crippen LogP contribution in [0.15, 0.2) is 12.3 Å². The summed E-state index contributed by atoms with van der Waals surface area (Å²) in [6.07, 6.45) is -3.64. The van der Waals surface area contributed by atoms with Crippen LogP contribution in [0.1, 0.15) is 16.1 Å². The summed E-state index contributed by atoms with van der Waals surface area (Å²) < 4.78 is 39.1. The van der Waals surface area contributed by atoms with Gasteiger partial charge >= 0.3 is 6.36 Å². The molecule has 0 amide bonds. The monoisotopic (exact) mass is 216 g/mol. The molecule has 0 N–H and O–H groups in total. The molecule has 15 heavy (non-hydrogen) atoms. The van der Waals surface area contributed by atoms with Crippen molar-refractivity contribution in [2.75, 3.05) is 0 Å². The molecule has 1 aromatic rings. The smallest absolute Gasteiger partial charge is 0.403 e. The molecule has 0 atom stereocenters. The molecule has 1 aromatic heterocycles. The Kier molecular flexibility index (Phi) is 2.90. The molecule has 78 valence electrons. The minimum Gasteiger partial charge on any atom is -0.403 e. The first-order chi connectivity index (χ1) is 6.96. The Labute approximate surface area is 81.9 Å². The third kappa shape index (κ3) is 2.95. The first kappa shape index (κ1) is 11.0. The fourth-order valence-corrected chi connectivity index (χ4v) is 0.811. The predicted molar refractivity (Wildman–Crippen MR) is 41.0 cm³/mol. The molecule has 0 aliphatic heterocycles. The number of nitrogens with zero attached hydrogens (tertiary/aromatic N) is 2. The van der Waals surface area contributed by atoms with Crippen molar-refractivity contribution < 1.29 is 22.7 Å². The second-order valence-corrected chi connectivity index (χ2v) is 2.39. The number of rotatable bonds is 2. The third-order valence-corrected chi connectivity index (χ3v) is 1.34. The van der Waals surface area contributed by atoms with E-state index >= 15 is 0 Å². The number of pyridine rings is 1. The van der Waals surface area contributed by atoms with Gasteiger partial charge in [-0.3, -0.25) is 4.79 Å². The summed E-state index contributed by atoms with van der Waals surface area (Å²) in [5.41, 5.74) is -0.633. The maximum Gasteiger partial charge on any atom is 0.573 e. The van der Waals surface area contributed by atoms with Gasteiger partial charge in [-0.05, 0) is 6.07 Å². The van der Waals surface area contributed by atoms with Crippen LogP contribution in [0.25, 0.3) is 0 Å². The maximum absolute atomic E-state index is 11.8. The third-order valence-electron chi connectivity index (χ3n) is 1.34. The standard InChI is InChI=1S/C8H3F3N2O2/c9-8(10,11)15-7-1-5(4-14)3-13-6(7)2-12/h1,3-4H. The summed E-state index contributed by atoms with van der Waals surface area (Å²) in [7, 11) is 0. The number of aromatic nitrogens is 1. The number of alkyl halides is 3. The van der Waals surface area contributed by atoms with Crippen LogP contribution in [0.3, 0.4) is 0 Å². The summed E-state index contributed by atoms with van der Waals surface area (Å²) in [5.74, 6) is -0.783. The number of hydrogen-bond donors (Lipinski definition) is 0. The molecule has 0 unspecified atom stereocenters. The Balaban J connectivity index is 3.14. The Hall–Kier alpha value is -2.10. The van der Waals surface area contributed by atoms with Gasteiger partial charge in [0.15, 0.2) is 17.7 Å². The lowest BCUT2D eigenvalue weighted by molar-refractivity contribution is -0.274. The van der Waals surface area contributed by atoms with Crippen molar-refractivity contribution in [1.82, 2.24) is 4.98 Å². The Bertz CT molecular complexity index is 423. The predicted octanol–water partition coefficient (Wildman–Crippen LogP) is 1.66. The second-order valence-electron chi connectivity index (χ2n) is 2.39. The van der Waals surface area contributed by atoms with Gasteiger partial charge in [0.25, 0.3) is 0 Å². The SMILES string of the molecule is N#Cc1ncc(C=O)cc1OC(F)(F)F. The highest BCUT2D eigenvalue weighted by Crippen LogP contribution is 2.25. The zero-order valence-electron chi connectivity index (χ0n) is 7.08. The average Bonchev–Trinajstić information content (AvgIpc) is 2.15. The summed E-state index contributed by atoms with van der Waals surface area (Å²) in [6, 6.07) is 2.22. The van der Waals surface area contributed by atoms with E-state index < -0.39 is 17.8 Å². The topological polar surface area (TPSA) is 63.0 Å². The van der Waals surface area contributed by atoms with Gasteiger partial charge in [-0.2, -0.15) is 5.26 Å². The molecule has 0 spiro atoms. The van der Waals surface area contributed by atoms with E-state index in [4.69, 9.17) is 5.26 Å². The Morgan fingerprint density at radius 1 is 1.53 bits per heavy atom. The molecular weight excluding hydrogens is 213 g/mol. The number of ether oxygens (including phenoxy) is 1. The van der Waals surface area contributed by atoms with Crippen LogP contribution in [0, 0.1) is 11.3 Å². The molecule has 0 saturated carbocycles. The molecule has 1 heterocycles. The quantitative estimate of drug-likeness (QED) is 0.705. The number of carbonyl (C=O) groups excluding carboxylic acids is 1. The molecule has 1 rings (SSSR count). The lowest BCUT2D eigenvalue weighted by Crippen LogP contribution is -2.18. The molecule has 0 bridgehead atoms. The van der Waals surface area contributed by atoms with E-state index in [1.165, 1.54) is 6.07 Å². The van der Waals surface area contributed by atoms with Crippen LogP contribution in [0.4, 0.5) is 13.2 Å². The van der Waals surface area contributed by atoms with Crippen LogP contribution in [0.5, 0.6) is 5.75 Å². The van der Waals surface area contributed by atoms with Crippen LogP contribution in [-0.4, -0.2) is 17.6 Å². The van der Waals surface area contributed by atoms with Gasteiger partial charge in [-0.25, -0.2) is 4.98 Å². The molecule has 7 heteroatoms. The van der Waals surface area contributed by atoms with Gasteiger partial charge in [-0.1, -0.05) is 0 Å². The van der Waals surface area contributed by atoms with Crippen LogP contribution in [0.2, 0.25) is 0 Å². The van der Waals surface area contributed by atoms with Crippen molar-refractivity contribution in [2.24, 2.45) is 0 Å². The number of nitriles is 1. The summed E-state index contributed by atoms with van der Waals surface area (Å²) in [6.45, 7) is 0. The first-order valence-corrected chi connectivity index (χ1v) is 3.57. The normalized spacial score (nSPS) is 10.5. The van der Waals surface area contributed by atoms with E-state index in [1.54, 1.807) is 0 Å². The van der Waals surface area contributed by atoms with Crippen LogP contribution in [-0.2, 0) is 0 Å². The fourth-order valence-electron chi connectivity index (χ4n) is 0.811. The molecule has 0 radical (unpaired) electrons. The number of hydrogen-bond acceptors (Lipinski definition) is 4. The lowest BCUT2D eigenvalue weighted by Gasteiger charge is -2.09. The average molecular weight is 216 g/mol. The minimum absolute atomic E-state index is 0.103. The molecule has 0 aromatic carbocycles. The molecule has 0 aliphatic rings. The van der Waals surface area contributed by atoms with Crippen molar-refractivity contribution in [3.8, 4) is 11.8 Å². The van der Waals surface area contributed by atoms with Crippen molar-refractivity contribution in [1.29, 1.82) is 5.26 Å². The van der Waals surface area contributed by atoms with Gasteiger partial charge in [0, 0.05) is 11.8 Å². The molecule has 0 saturated heterocycles. The van der Waals surface area contributed by atoms with E-state index in [1.807, 2.05) is 0 Å². The van der Waals surface area contributed by atoms with Gasteiger partial charge < -0.3 is 4.74 Å². The van der Waals surface area contributed by atoms with Crippen LogP contribution < -0.4 is 4.74 Å². The first-order valence-electron chi connectivity index (χ1n) is 3.57. The number of carbonyl (C=O) groups is 1. The highest BCUT2D eigenvalue weighted by Gasteiger charge is 2.32. The summed E-state index contributed by atoms with van der Waals surface area (Å²) in [5, 5.41) is 8.43. The van der Waals surface area contributed by atoms with E-state index in [2.05, 4.69) is 9.72 Å². The van der Waals surface area contributed by atoms with Gasteiger partial charge in [-0.15, -0.1) is 13.2 Å². The lowest BCUT2D eigenvalue weighted by atomic mass is 10.2. The molecular formula is C8H3F3N2O2. The summed E-state index contributed by atoms with van der Waals surface area (Å²) in [4.78, 5) is 13.6. The Morgan fingerprint density at radius 2 is 2.20 bits per heavy atom. The molecule has 4 nitrogen and oxygen atoms in total. The zero-order chi connectivity index (χ0) is 11.5. The number of halogens is 3. The largest absolute Gasteiger partial charge is 0.573 e.